The van der Waals surface area contributed by atoms with Crippen LogP contribution >= 0.6 is 0 Å². The number of carboxylic acid groups (broad SMARTS) is 2. The van der Waals surface area contributed by atoms with E-state index in [4.69, 9.17) is 10.2 Å². The summed E-state index contributed by atoms with van der Waals surface area (Å²) in [4.78, 5) is 19.2. The van der Waals surface area contributed by atoms with E-state index in [1.54, 1.807) is 0 Å². The zero-order valence-corrected chi connectivity index (χ0v) is 12.4. The molecule has 0 saturated carbocycles. The fourth-order valence-electron chi connectivity index (χ4n) is 0.424. The second-order valence-corrected chi connectivity index (χ2v) is 4.06. The molecule has 3 unspecified atom stereocenters. The molecule has 10 heteroatoms. The Hall–Kier alpha value is -2.00. The van der Waals surface area contributed by atoms with Gasteiger partial charge in [-0.05, 0) is 13.8 Å². The standard InChI is InChI=1S/C5H6F6.2C4H6O2/c6-1-2(7)3(8)4(9)5(10)11;2*1-3(2)4(5)6/h2-5H,1H2;2*1H2,2H3,(H,5,6). The number of aliphatic carboxylic acids is 2. The zero-order valence-electron chi connectivity index (χ0n) is 12.4. The normalized spacial score (nSPS) is 13.4. The van der Waals surface area contributed by atoms with Crippen molar-refractivity contribution in [1.29, 1.82) is 0 Å². The third-order valence-corrected chi connectivity index (χ3v) is 1.77. The van der Waals surface area contributed by atoms with Gasteiger partial charge in [0.15, 0.2) is 18.5 Å². The van der Waals surface area contributed by atoms with Crippen LogP contribution in [0.5, 0.6) is 0 Å². The maximum Gasteiger partial charge on any atom is 0.330 e. The van der Waals surface area contributed by atoms with E-state index < -0.39 is 43.6 Å². The lowest BCUT2D eigenvalue weighted by Gasteiger charge is -2.13. The molecular weight excluding hydrogens is 334 g/mol. The van der Waals surface area contributed by atoms with Crippen LogP contribution in [0.2, 0.25) is 0 Å². The summed E-state index contributed by atoms with van der Waals surface area (Å²) in [5.74, 6) is -1.87. The third-order valence-electron chi connectivity index (χ3n) is 1.77. The van der Waals surface area contributed by atoms with Gasteiger partial charge in [-0.25, -0.2) is 35.9 Å². The topological polar surface area (TPSA) is 74.6 Å². The van der Waals surface area contributed by atoms with Gasteiger partial charge in [0.25, 0.3) is 6.43 Å². The molecule has 0 aromatic carbocycles. The second kappa shape index (κ2) is 13.6. The molecule has 0 aliphatic heterocycles. The first-order valence-electron chi connectivity index (χ1n) is 5.83. The Labute approximate surface area is 129 Å². The largest absolute Gasteiger partial charge is 0.478 e. The van der Waals surface area contributed by atoms with Crippen LogP contribution in [0.4, 0.5) is 26.3 Å². The number of hydrogen-bond donors (Lipinski definition) is 2. The average Bonchev–Trinajstić information content (AvgIpc) is 2.45. The van der Waals surface area contributed by atoms with Crippen LogP contribution in [0.3, 0.4) is 0 Å². The number of carboxylic acids is 2. The van der Waals surface area contributed by atoms with Gasteiger partial charge in [0.05, 0.1) is 0 Å². The number of rotatable bonds is 6. The van der Waals surface area contributed by atoms with Gasteiger partial charge < -0.3 is 10.2 Å². The number of halogens is 6. The van der Waals surface area contributed by atoms with Crippen molar-refractivity contribution in [3.63, 3.8) is 0 Å². The van der Waals surface area contributed by atoms with Crippen molar-refractivity contribution in [2.45, 2.75) is 38.8 Å². The fraction of sp³-hybridized carbons (Fsp3) is 0.538. The van der Waals surface area contributed by atoms with Crippen LogP contribution in [-0.2, 0) is 9.59 Å². The van der Waals surface area contributed by atoms with Gasteiger partial charge in [0.1, 0.15) is 6.67 Å². The van der Waals surface area contributed by atoms with Gasteiger partial charge in [-0.3, -0.25) is 0 Å². The summed E-state index contributed by atoms with van der Waals surface area (Å²) in [6, 6.07) is 0. The van der Waals surface area contributed by atoms with Gasteiger partial charge in [0, 0.05) is 11.1 Å². The fourth-order valence-corrected chi connectivity index (χ4v) is 0.424. The van der Waals surface area contributed by atoms with Crippen molar-refractivity contribution < 1.29 is 46.1 Å². The van der Waals surface area contributed by atoms with E-state index >= 15 is 0 Å². The van der Waals surface area contributed by atoms with E-state index in [2.05, 4.69) is 13.2 Å². The molecule has 0 spiro atoms. The Morgan fingerprint density at radius 2 is 1.13 bits per heavy atom. The van der Waals surface area contributed by atoms with Crippen LogP contribution < -0.4 is 0 Å². The predicted molar refractivity (Wildman–Crippen MR) is 71.6 cm³/mol. The van der Waals surface area contributed by atoms with Gasteiger partial charge in [-0.15, -0.1) is 0 Å². The van der Waals surface area contributed by atoms with Crippen molar-refractivity contribution in [2.75, 3.05) is 6.67 Å². The van der Waals surface area contributed by atoms with Crippen molar-refractivity contribution in [1.82, 2.24) is 0 Å². The monoisotopic (exact) mass is 352 g/mol. The molecule has 23 heavy (non-hydrogen) atoms. The van der Waals surface area contributed by atoms with E-state index in [-0.39, 0.29) is 11.1 Å². The first-order chi connectivity index (χ1) is 10.3. The minimum absolute atomic E-state index is 0.176. The summed E-state index contributed by atoms with van der Waals surface area (Å²) in [7, 11) is 0. The second-order valence-electron chi connectivity index (χ2n) is 4.06. The van der Waals surface area contributed by atoms with E-state index in [0.29, 0.717) is 0 Å². The molecule has 0 fully saturated rings. The number of carbonyl (C=O) groups is 2. The highest BCUT2D eigenvalue weighted by Crippen LogP contribution is 2.18. The third kappa shape index (κ3) is 16.2. The quantitative estimate of drug-likeness (QED) is 0.566. The maximum absolute atomic E-state index is 12.0. The van der Waals surface area contributed by atoms with Crippen molar-refractivity contribution in [3.05, 3.63) is 24.3 Å². The number of alkyl halides is 6. The Bertz CT molecular complexity index is 352. The summed E-state index contributed by atoms with van der Waals surface area (Å²) in [6.07, 6.45) is -12.8. The van der Waals surface area contributed by atoms with Crippen molar-refractivity contribution in [3.8, 4) is 0 Å². The maximum atomic E-state index is 12.0. The van der Waals surface area contributed by atoms with Crippen LogP contribution in [-0.4, -0.2) is 53.8 Å². The predicted octanol–water partition coefficient (Wildman–Crippen LogP) is 3.53. The minimum atomic E-state index is -3.62. The lowest BCUT2D eigenvalue weighted by molar-refractivity contribution is -0.133. The molecule has 0 aliphatic rings. The highest BCUT2D eigenvalue weighted by atomic mass is 19.3. The van der Waals surface area contributed by atoms with Gasteiger partial charge in [-0.2, -0.15) is 0 Å². The summed E-state index contributed by atoms with van der Waals surface area (Å²) in [5, 5.41) is 15.8. The van der Waals surface area contributed by atoms with Crippen molar-refractivity contribution in [2.24, 2.45) is 0 Å². The van der Waals surface area contributed by atoms with Crippen LogP contribution in [0.1, 0.15) is 13.8 Å². The molecule has 0 aromatic rings. The average molecular weight is 352 g/mol. The highest BCUT2D eigenvalue weighted by Gasteiger charge is 2.36. The molecule has 0 bridgehead atoms. The molecule has 4 nitrogen and oxygen atoms in total. The highest BCUT2D eigenvalue weighted by molar-refractivity contribution is 5.85. The Morgan fingerprint density at radius 1 is 0.870 bits per heavy atom. The minimum Gasteiger partial charge on any atom is -0.478 e. The Morgan fingerprint density at radius 3 is 1.26 bits per heavy atom. The lowest BCUT2D eigenvalue weighted by atomic mass is 10.2. The molecule has 0 radical (unpaired) electrons. The molecule has 0 saturated heterocycles. The lowest BCUT2D eigenvalue weighted by Crippen LogP contribution is -2.34. The van der Waals surface area contributed by atoms with E-state index in [1.807, 2.05) is 0 Å². The van der Waals surface area contributed by atoms with Crippen LogP contribution in [0, 0.1) is 0 Å². The first-order valence-corrected chi connectivity index (χ1v) is 5.83. The Balaban J connectivity index is -0.000000284. The molecule has 3 atom stereocenters. The summed E-state index contributed by atoms with van der Waals surface area (Å²) >= 11 is 0. The van der Waals surface area contributed by atoms with E-state index in [0.717, 1.165) is 0 Å². The van der Waals surface area contributed by atoms with Gasteiger partial charge in [-0.1, -0.05) is 13.2 Å². The number of hydrogen-bond acceptors (Lipinski definition) is 2. The summed E-state index contributed by atoms with van der Waals surface area (Å²) < 4.78 is 69.4. The molecule has 0 amide bonds. The van der Waals surface area contributed by atoms with Gasteiger partial charge in [0.2, 0.25) is 0 Å². The summed E-state index contributed by atoms with van der Waals surface area (Å²) in [6.45, 7) is 7.41. The molecule has 2 N–H and O–H groups in total. The summed E-state index contributed by atoms with van der Waals surface area (Å²) in [5.41, 5.74) is 0.352. The molecular formula is C13H18F6O4. The van der Waals surface area contributed by atoms with Gasteiger partial charge >= 0.3 is 11.9 Å². The molecule has 0 aromatic heterocycles. The zero-order chi connectivity index (χ0) is 19.3. The smallest absolute Gasteiger partial charge is 0.330 e. The molecule has 0 heterocycles. The molecule has 0 rings (SSSR count). The van der Waals surface area contributed by atoms with E-state index in [9.17, 15) is 35.9 Å². The molecule has 0 aliphatic carbocycles. The SMILES string of the molecule is C=C(C)C(=O)O.C=C(C)C(=O)O.FCC(F)C(F)C(F)C(F)F. The van der Waals surface area contributed by atoms with Crippen LogP contribution in [0.25, 0.3) is 0 Å². The van der Waals surface area contributed by atoms with Crippen LogP contribution in [0.15, 0.2) is 24.3 Å². The Kier molecular flexibility index (Phi) is 15.4. The van der Waals surface area contributed by atoms with Crippen molar-refractivity contribution >= 4 is 11.9 Å². The molecule has 136 valence electrons. The van der Waals surface area contributed by atoms with E-state index in [1.165, 1.54) is 13.8 Å². The first kappa shape index (κ1) is 25.9.